The summed E-state index contributed by atoms with van der Waals surface area (Å²) in [6, 6.07) is 4.43. The largest absolute Gasteiger partial charge is 0.351 e. The number of hydrogen-bond acceptors (Lipinski definition) is 0. The minimum Gasteiger partial charge on any atom is -0.351 e. The minimum absolute atomic E-state index is 0.423. The Kier molecular flexibility index (Phi) is 1.57. The maximum absolute atomic E-state index is 2.38. The number of aryl methyl sites for hydroxylation is 1. The van der Waals surface area contributed by atoms with Gasteiger partial charge in [0.25, 0.3) is 0 Å². The van der Waals surface area contributed by atoms with Crippen LogP contribution < -0.4 is 0 Å². The standard InChI is InChI=1S/C11H17N/c1-11(2,3)9-6-8-12-7-4-5-10(9)12/h4-5,7,9H,6,8H2,1-3H3. The first-order chi connectivity index (χ1) is 5.59. The van der Waals surface area contributed by atoms with Gasteiger partial charge in [-0.2, -0.15) is 0 Å². The van der Waals surface area contributed by atoms with Crippen molar-refractivity contribution >= 4 is 0 Å². The molecular formula is C11H17N. The van der Waals surface area contributed by atoms with Gasteiger partial charge in [-0.05, 0) is 24.0 Å². The summed E-state index contributed by atoms with van der Waals surface area (Å²) in [4.78, 5) is 0. The first-order valence-corrected chi connectivity index (χ1v) is 4.74. The normalized spacial score (nSPS) is 22.8. The summed E-state index contributed by atoms with van der Waals surface area (Å²) in [6.45, 7) is 8.21. The van der Waals surface area contributed by atoms with Gasteiger partial charge in [0.15, 0.2) is 0 Å². The van der Waals surface area contributed by atoms with Crippen LogP contribution >= 0.6 is 0 Å². The van der Waals surface area contributed by atoms with Crippen molar-refractivity contribution < 1.29 is 0 Å². The minimum atomic E-state index is 0.423. The molecule has 0 amide bonds. The van der Waals surface area contributed by atoms with Crippen LogP contribution in [0.15, 0.2) is 18.3 Å². The molecule has 66 valence electrons. The third-order valence-electron chi connectivity index (χ3n) is 2.93. The van der Waals surface area contributed by atoms with E-state index in [4.69, 9.17) is 0 Å². The third-order valence-corrected chi connectivity index (χ3v) is 2.93. The highest BCUT2D eigenvalue weighted by Gasteiger charge is 2.31. The first-order valence-electron chi connectivity index (χ1n) is 4.74. The maximum Gasteiger partial charge on any atom is 0.0228 e. The summed E-state index contributed by atoms with van der Waals surface area (Å²) in [5.41, 5.74) is 1.95. The van der Waals surface area contributed by atoms with Crippen LogP contribution in [0, 0.1) is 5.41 Å². The summed E-state index contributed by atoms with van der Waals surface area (Å²) in [5.74, 6) is 0.757. The Morgan fingerprint density at radius 3 is 2.83 bits per heavy atom. The van der Waals surface area contributed by atoms with Gasteiger partial charge in [0.2, 0.25) is 0 Å². The van der Waals surface area contributed by atoms with Gasteiger partial charge in [0.05, 0.1) is 0 Å². The molecule has 1 nitrogen and oxygen atoms in total. The van der Waals surface area contributed by atoms with E-state index in [9.17, 15) is 0 Å². The molecule has 0 aliphatic carbocycles. The van der Waals surface area contributed by atoms with Crippen LogP contribution in [0.2, 0.25) is 0 Å². The van der Waals surface area contributed by atoms with E-state index in [-0.39, 0.29) is 0 Å². The molecule has 2 rings (SSSR count). The number of aromatic nitrogens is 1. The Bertz CT molecular complexity index is 277. The molecule has 0 N–H and O–H groups in total. The van der Waals surface area contributed by atoms with E-state index in [1.54, 1.807) is 0 Å². The zero-order chi connectivity index (χ0) is 8.77. The monoisotopic (exact) mass is 163 g/mol. The number of rotatable bonds is 0. The molecule has 12 heavy (non-hydrogen) atoms. The smallest absolute Gasteiger partial charge is 0.0228 e. The molecule has 1 atom stereocenters. The average molecular weight is 163 g/mol. The third kappa shape index (κ3) is 1.08. The highest BCUT2D eigenvalue weighted by molar-refractivity contribution is 5.18. The van der Waals surface area contributed by atoms with Crippen molar-refractivity contribution in [3.05, 3.63) is 24.0 Å². The van der Waals surface area contributed by atoms with Crippen molar-refractivity contribution in [3.8, 4) is 0 Å². The fourth-order valence-corrected chi connectivity index (χ4v) is 2.24. The fraction of sp³-hybridized carbons (Fsp3) is 0.636. The molecule has 0 saturated heterocycles. The summed E-state index contributed by atoms with van der Waals surface area (Å²) in [5, 5.41) is 0. The van der Waals surface area contributed by atoms with Gasteiger partial charge < -0.3 is 4.57 Å². The van der Waals surface area contributed by atoms with E-state index < -0.39 is 0 Å². The molecule has 1 aliphatic heterocycles. The van der Waals surface area contributed by atoms with Crippen LogP contribution in [0.1, 0.15) is 38.8 Å². The second-order valence-corrected chi connectivity index (χ2v) is 4.83. The highest BCUT2D eigenvalue weighted by Crippen LogP contribution is 2.41. The Morgan fingerprint density at radius 1 is 1.42 bits per heavy atom. The molecule has 1 aliphatic rings. The predicted octanol–water partition coefficient (Wildman–Crippen LogP) is 3.02. The van der Waals surface area contributed by atoms with Gasteiger partial charge in [0.1, 0.15) is 0 Å². The molecule has 2 heterocycles. The summed E-state index contributed by atoms with van der Waals surface area (Å²) in [7, 11) is 0. The quantitative estimate of drug-likeness (QED) is 0.554. The van der Waals surface area contributed by atoms with Crippen LogP contribution in [0.4, 0.5) is 0 Å². The molecule has 0 bridgehead atoms. The Labute approximate surface area is 74.4 Å². The van der Waals surface area contributed by atoms with E-state index in [2.05, 4.69) is 43.7 Å². The van der Waals surface area contributed by atoms with Crippen LogP contribution in [0.5, 0.6) is 0 Å². The Hall–Kier alpha value is -0.720. The molecule has 1 unspecified atom stereocenters. The summed E-state index contributed by atoms with van der Waals surface area (Å²) < 4.78 is 2.38. The van der Waals surface area contributed by atoms with Gasteiger partial charge >= 0.3 is 0 Å². The van der Waals surface area contributed by atoms with E-state index in [0.29, 0.717) is 5.41 Å². The van der Waals surface area contributed by atoms with Gasteiger partial charge in [-0.3, -0.25) is 0 Å². The van der Waals surface area contributed by atoms with Gasteiger partial charge in [-0.1, -0.05) is 20.8 Å². The van der Waals surface area contributed by atoms with Gasteiger partial charge in [-0.15, -0.1) is 0 Å². The molecule has 0 saturated carbocycles. The number of hydrogen-bond donors (Lipinski definition) is 0. The summed E-state index contributed by atoms with van der Waals surface area (Å²) >= 11 is 0. The van der Waals surface area contributed by atoms with Crippen molar-refractivity contribution in [2.75, 3.05) is 0 Å². The molecule has 1 aromatic heterocycles. The van der Waals surface area contributed by atoms with Crippen LogP contribution in [-0.4, -0.2) is 4.57 Å². The molecule has 0 fully saturated rings. The second-order valence-electron chi connectivity index (χ2n) is 4.83. The van der Waals surface area contributed by atoms with Crippen LogP contribution in [0.3, 0.4) is 0 Å². The topological polar surface area (TPSA) is 4.93 Å². The number of nitrogens with zero attached hydrogens (tertiary/aromatic N) is 1. The maximum atomic E-state index is 2.38. The predicted molar refractivity (Wildman–Crippen MR) is 51.2 cm³/mol. The van der Waals surface area contributed by atoms with Crippen LogP contribution in [0.25, 0.3) is 0 Å². The van der Waals surface area contributed by atoms with E-state index in [1.165, 1.54) is 18.7 Å². The Balaban J connectivity index is 2.34. The zero-order valence-corrected chi connectivity index (χ0v) is 8.17. The van der Waals surface area contributed by atoms with Crippen molar-refractivity contribution in [1.29, 1.82) is 0 Å². The first kappa shape index (κ1) is 7.90. The molecule has 0 radical (unpaired) electrons. The van der Waals surface area contributed by atoms with Gasteiger partial charge in [0, 0.05) is 24.4 Å². The molecule has 1 aromatic rings. The molecule has 0 spiro atoms. The lowest BCUT2D eigenvalue weighted by Crippen LogP contribution is -2.15. The van der Waals surface area contributed by atoms with E-state index >= 15 is 0 Å². The highest BCUT2D eigenvalue weighted by atomic mass is 15.0. The van der Waals surface area contributed by atoms with E-state index in [1.807, 2.05) is 0 Å². The molecule has 1 heteroatoms. The Morgan fingerprint density at radius 2 is 2.17 bits per heavy atom. The van der Waals surface area contributed by atoms with E-state index in [0.717, 1.165) is 5.92 Å². The van der Waals surface area contributed by atoms with Crippen molar-refractivity contribution in [2.24, 2.45) is 5.41 Å². The lowest BCUT2D eigenvalue weighted by Gasteiger charge is -2.26. The van der Waals surface area contributed by atoms with Crippen molar-refractivity contribution in [2.45, 2.75) is 39.7 Å². The molecular weight excluding hydrogens is 146 g/mol. The zero-order valence-electron chi connectivity index (χ0n) is 8.17. The fourth-order valence-electron chi connectivity index (χ4n) is 2.24. The number of fused-ring (bicyclic) bond motifs is 1. The lowest BCUT2D eigenvalue weighted by molar-refractivity contribution is 0.319. The SMILES string of the molecule is CC(C)(C)C1CCn2cccc21. The van der Waals surface area contributed by atoms with Gasteiger partial charge in [-0.25, -0.2) is 0 Å². The van der Waals surface area contributed by atoms with Crippen LogP contribution in [-0.2, 0) is 6.54 Å². The molecule has 0 aromatic carbocycles. The lowest BCUT2D eigenvalue weighted by atomic mass is 9.78. The summed E-state index contributed by atoms with van der Waals surface area (Å²) in [6.07, 6.45) is 3.51. The van der Waals surface area contributed by atoms with Crippen molar-refractivity contribution in [3.63, 3.8) is 0 Å². The second kappa shape index (κ2) is 2.38. The average Bonchev–Trinajstić information content (AvgIpc) is 2.37. The van der Waals surface area contributed by atoms with Crippen molar-refractivity contribution in [1.82, 2.24) is 4.57 Å².